The Hall–Kier alpha value is -4.35. The van der Waals surface area contributed by atoms with Crippen molar-refractivity contribution in [2.24, 2.45) is 13.0 Å². The average Bonchev–Trinajstić information content (AvgIpc) is 3.57. The van der Waals surface area contributed by atoms with Crippen molar-refractivity contribution >= 4 is 55.9 Å². The number of carbonyl (C=O) groups is 1. The van der Waals surface area contributed by atoms with Gasteiger partial charge in [-0.3, -0.25) is 18.9 Å². The Morgan fingerprint density at radius 2 is 1.71 bits per heavy atom. The molecule has 274 valence electrons. The SMILES string of the molecule is Cn1nc(NS(C)(=O)=O)c2c(Cl)ccc(-c3ccc(Cl)nc3[C@H](Cc3cc(F)cc(F)c3)NC(=O)Cn3nc(C(F)F)c4c3C(F)(F)[C@@H]3CC[C@H]43)c21. The maximum absolute atomic E-state index is 15.5. The van der Waals surface area contributed by atoms with Gasteiger partial charge in [-0.25, -0.2) is 31.0 Å². The number of carbonyl (C=O) groups excluding carboxylic acids is 1. The van der Waals surface area contributed by atoms with Crippen LogP contribution < -0.4 is 10.0 Å². The molecule has 1 fully saturated rings. The van der Waals surface area contributed by atoms with Gasteiger partial charge >= 0.3 is 0 Å². The summed E-state index contributed by atoms with van der Waals surface area (Å²) >= 11 is 12.9. The highest BCUT2D eigenvalue weighted by Crippen LogP contribution is 2.63. The Morgan fingerprint density at radius 1 is 1.02 bits per heavy atom. The first-order chi connectivity index (χ1) is 24.4. The summed E-state index contributed by atoms with van der Waals surface area (Å²) in [5.74, 6) is -8.31. The van der Waals surface area contributed by atoms with E-state index in [0.29, 0.717) is 33.8 Å². The van der Waals surface area contributed by atoms with Gasteiger partial charge < -0.3 is 5.32 Å². The maximum Gasteiger partial charge on any atom is 0.293 e. The molecule has 19 heteroatoms. The summed E-state index contributed by atoms with van der Waals surface area (Å²) in [6.45, 7) is -0.887. The molecule has 1 saturated carbocycles. The molecule has 2 aromatic carbocycles. The van der Waals surface area contributed by atoms with Crippen LogP contribution in [0.3, 0.4) is 0 Å². The largest absolute Gasteiger partial charge is 0.346 e. The Bertz CT molecular complexity index is 2370. The molecule has 0 bridgehead atoms. The molecule has 10 nitrogen and oxygen atoms in total. The molecule has 0 unspecified atom stereocenters. The topological polar surface area (TPSA) is 124 Å². The molecule has 7 rings (SSSR count). The Kier molecular flexibility index (Phi) is 8.97. The van der Waals surface area contributed by atoms with E-state index in [1.807, 2.05) is 0 Å². The predicted octanol–water partition coefficient (Wildman–Crippen LogP) is 7.43. The number of fused-ring (bicyclic) bond motifs is 4. The van der Waals surface area contributed by atoms with Crippen LogP contribution in [0.5, 0.6) is 0 Å². The van der Waals surface area contributed by atoms with E-state index >= 15 is 8.78 Å². The van der Waals surface area contributed by atoms with Gasteiger partial charge in [-0.1, -0.05) is 29.3 Å². The van der Waals surface area contributed by atoms with Crippen LogP contribution >= 0.6 is 23.2 Å². The number of nitrogens with one attached hydrogen (secondary N) is 2. The monoisotopic (exact) mass is 785 g/mol. The van der Waals surface area contributed by atoms with Crippen LogP contribution in [0.25, 0.3) is 22.0 Å². The Morgan fingerprint density at radius 3 is 2.35 bits per heavy atom. The standard InChI is InChI=1S/C33H27Cl2F6N7O3S/c1-47-29-18(4-7-21(34)26(29)32(45-47)46-52(2,50)51)17-5-8-23(35)43-27(17)22(11-14-9-15(36)12-16(37)10-14)42-24(49)13-48-30-25(28(44-48)31(38)39)19-3-6-20(19)33(30,40)41/h4-5,7-10,12,19-20,22,31H,3,6,11,13H2,1-2H3,(H,42,49)(H,45,46)/t19-,20+,22-/m0/s1. The van der Waals surface area contributed by atoms with Crippen molar-refractivity contribution < 1.29 is 39.6 Å². The number of halogens is 8. The van der Waals surface area contributed by atoms with Crippen LogP contribution in [0.4, 0.5) is 32.2 Å². The first-order valence-electron chi connectivity index (χ1n) is 15.7. The zero-order chi connectivity index (χ0) is 37.4. The number of rotatable bonds is 10. The number of alkyl halides is 4. The van der Waals surface area contributed by atoms with Crippen LogP contribution in [-0.2, 0) is 40.8 Å². The third kappa shape index (κ3) is 6.36. The molecule has 0 radical (unpaired) electrons. The van der Waals surface area contributed by atoms with Gasteiger partial charge in [-0.15, -0.1) is 0 Å². The predicted molar refractivity (Wildman–Crippen MR) is 180 cm³/mol. The van der Waals surface area contributed by atoms with Crippen molar-refractivity contribution in [1.29, 1.82) is 0 Å². The molecule has 2 aliphatic carbocycles. The molecule has 2 aliphatic rings. The molecule has 0 spiro atoms. The lowest BCUT2D eigenvalue weighted by Gasteiger charge is -2.34. The smallest absolute Gasteiger partial charge is 0.293 e. The number of hydrogen-bond donors (Lipinski definition) is 2. The van der Waals surface area contributed by atoms with Crippen molar-refractivity contribution in [1.82, 2.24) is 29.9 Å². The zero-order valence-corrected chi connectivity index (χ0v) is 29.4. The second-order valence-electron chi connectivity index (χ2n) is 12.9. The number of aryl methyl sites for hydroxylation is 1. The number of amides is 1. The van der Waals surface area contributed by atoms with Crippen molar-refractivity contribution in [2.45, 2.75) is 50.1 Å². The van der Waals surface area contributed by atoms with Gasteiger partial charge in [0.05, 0.1) is 33.9 Å². The van der Waals surface area contributed by atoms with Crippen molar-refractivity contribution in [3.8, 4) is 11.1 Å². The van der Waals surface area contributed by atoms with E-state index in [4.69, 9.17) is 23.2 Å². The molecule has 3 aromatic heterocycles. The number of pyridine rings is 1. The lowest BCUT2D eigenvalue weighted by molar-refractivity contribution is -0.123. The third-order valence-electron chi connectivity index (χ3n) is 9.37. The van der Waals surface area contributed by atoms with E-state index in [0.717, 1.165) is 18.4 Å². The second kappa shape index (κ2) is 12.9. The van der Waals surface area contributed by atoms with E-state index in [9.17, 15) is 30.8 Å². The lowest BCUT2D eigenvalue weighted by atomic mass is 9.73. The quantitative estimate of drug-likeness (QED) is 0.112. The van der Waals surface area contributed by atoms with Crippen molar-refractivity contribution in [2.75, 3.05) is 11.0 Å². The first-order valence-corrected chi connectivity index (χ1v) is 18.4. The third-order valence-corrected chi connectivity index (χ3v) is 10.5. The number of anilines is 1. The lowest BCUT2D eigenvalue weighted by Crippen LogP contribution is -2.36. The fraction of sp³-hybridized carbons (Fsp3) is 0.333. The van der Waals surface area contributed by atoms with Crippen LogP contribution in [0, 0.1) is 17.6 Å². The van der Waals surface area contributed by atoms with E-state index in [2.05, 4.69) is 25.2 Å². The van der Waals surface area contributed by atoms with Gasteiger partial charge in [0.2, 0.25) is 15.9 Å². The first kappa shape index (κ1) is 36.0. The highest BCUT2D eigenvalue weighted by Gasteiger charge is 2.62. The van der Waals surface area contributed by atoms with Gasteiger partial charge in [-0.05, 0) is 61.1 Å². The van der Waals surface area contributed by atoms with E-state index in [-0.39, 0.29) is 51.0 Å². The molecule has 2 N–H and O–H groups in total. The highest BCUT2D eigenvalue weighted by molar-refractivity contribution is 7.92. The molecular weight excluding hydrogens is 759 g/mol. The van der Waals surface area contributed by atoms with E-state index in [1.165, 1.54) is 23.9 Å². The van der Waals surface area contributed by atoms with Crippen LogP contribution in [0.15, 0.2) is 42.5 Å². The van der Waals surface area contributed by atoms with Gasteiger partial charge in [0.1, 0.15) is 34.7 Å². The summed E-state index contributed by atoms with van der Waals surface area (Å²) in [5.41, 5.74) is -0.638. The summed E-state index contributed by atoms with van der Waals surface area (Å²) in [6.07, 6.45) is -2.09. The molecule has 0 aliphatic heterocycles. The van der Waals surface area contributed by atoms with E-state index < -0.39 is 75.7 Å². The maximum atomic E-state index is 15.5. The fourth-order valence-corrected chi connectivity index (χ4v) is 8.17. The summed E-state index contributed by atoms with van der Waals surface area (Å²) in [4.78, 5) is 18.2. The molecule has 5 aromatic rings. The van der Waals surface area contributed by atoms with Crippen LogP contribution in [0.2, 0.25) is 10.2 Å². The van der Waals surface area contributed by atoms with Crippen LogP contribution in [0.1, 0.15) is 59.4 Å². The summed E-state index contributed by atoms with van der Waals surface area (Å²) in [7, 11) is -2.26. The molecule has 52 heavy (non-hydrogen) atoms. The number of benzene rings is 2. The highest BCUT2D eigenvalue weighted by atomic mass is 35.5. The number of nitrogens with zero attached hydrogens (tertiary/aromatic N) is 5. The summed E-state index contributed by atoms with van der Waals surface area (Å²) in [6, 6.07) is 7.50. The second-order valence-corrected chi connectivity index (χ2v) is 15.4. The fourth-order valence-electron chi connectivity index (χ4n) is 7.28. The molecule has 3 heterocycles. The zero-order valence-electron chi connectivity index (χ0n) is 27.1. The normalized spacial score (nSPS) is 18.3. The minimum atomic E-state index is -3.79. The van der Waals surface area contributed by atoms with Crippen molar-refractivity contribution in [3.05, 3.63) is 92.5 Å². The number of aromatic nitrogens is 5. The van der Waals surface area contributed by atoms with Gasteiger partial charge in [-0.2, -0.15) is 19.0 Å². The number of sulfonamides is 1. The molecule has 0 saturated heterocycles. The summed E-state index contributed by atoms with van der Waals surface area (Å²) < 4.78 is 116. The van der Waals surface area contributed by atoms with Gasteiger partial charge in [0, 0.05) is 35.7 Å². The van der Waals surface area contributed by atoms with Gasteiger partial charge in [0.15, 0.2) is 5.82 Å². The van der Waals surface area contributed by atoms with Crippen molar-refractivity contribution in [3.63, 3.8) is 0 Å². The minimum Gasteiger partial charge on any atom is -0.346 e. The Balaban J connectivity index is 1.33. The minimum absolute atomic E-state index is 0.0512. The molecular formula is C33H27Cl2F6N7O3S. The van der Waals surface area contributed by atoms with Crippen LogP contribution in [-0.4, -0.2) is 45.1 Å². The number of hydrogen-bond acceptors (Lipinski definition) is 6. The van der Waals surface area contributed by atoms with E-state index in [1.54, 1.807) is 12.1 Å². The molecule has 1 amide bonds. The summed E-state index contributed by atoms with van der Waals surface area (Å²) in [5, 5.41) is 11.0. The Labute approximate surface area is 302 Å². The van der Waals surface area contributed by atoms with Gasteiger partial charge in [0.25, 0.3) is 12.3 Å². The molecule has 3 atom stereocenters. The average molecular weight is 787 g/mol.